The molecule has 0 saturated carbocycles. The minimum atomic E-state index is 0. The van der Waals surface area contributed by atoms with E-state index in [1.807, 2.05) is 30.3 Å². The summed E-state index contributed by atoms with van der Waals surface area (Å²) in [7, 11) is 0. The van der Waals surface area contributed by atoms with E-state index in [0.717, 1.165) is 6.42 Å². The Balaban J connectivity index is -0.000000214. The molecule has 0 saturated heterocycles. The van der Waals surface area contributed by atoms with Gasteiger partial charge in [0.05, 0.1) is 0 Å². The summed E-state index contributed by atoms with van der Waals surface area (Å²) >= 11 is 0. The monoisotopic (exact) mass is 531 g/mol. The summed E-state index contributed by atoms with van der Waals surface area (Å²) in [4.78, 5) is 0. The van der Waals surface area contributed by atoms with Gasteiger partial charge in [-0.05, 0) is 24.7 Å². The van der Waals surface area contributed by atoms with Crippen molar-refractivity contribution in [3.63, 3.8) is 0 Å². The molecule has 0 fully saturated rings. The van der Waals surface area contributed by atoms with E-state index >= 15 is 0 Å². The van der Waals surface area contributed by atoms with Gasteiger partial charge < -0.3 is 37.1 Å². The van der Waals surface area contributed by atoms with Crippen molar-refractivity contribution < 1.29 is 25.8 Å². The van der Waals surface area contributed by atoms with Crippen LogP contribution in [0.1, 0.15) is 49.4 Å². The summed E-state index contributed by atoms with van der Waals surface area (Å²) in [6.07, 6.45) is 8.52. The molecule has 2 aliphatic rings. The van der Waals surface area contributed by atoms with Crippen LogP contribution in [-0.2, 0) is 45.1 Å². The first-order valence-electron chi connectivity index (χ1n) is 7.99. The van der Waals surface area contributed by atoms with E-state index in [1.54, 1.807) is 16.7 Å². The van der Waals surface area contributed by atoms with Crippen molar-refractivity contribution in [1.82, 2.24) is 0 Å². The third-order valence-electron chi connectivity index (χ3n) is 4.38. The standard InChI is InChI=1S/C16H19.C5H5.5CH3.Hf/c1-16(2,3)14-10-9-12-8-7-11-5-4-6-13(11)15(12)14;1-2-4-5-3-1;;;;;;/h7-8H,4-6,9H2,1-3H3;1-5H;5*1H3;/q7*-1;. The molecule has 154 valence electrons. The molecule has 2 aliphatic carbocycles. The molecule has 4 rings (SSSR count). The van der Waals surface area contributed by atoms with E-state index in [2.05, 4.69) is 39.0 Å². The van der Waals surface area contributed by atoms with E-state index in [0.29, 0.717) is 0 Å². The first-order chi connectivity index (χ1) is 10.1. The molecule has 0 nitrogen and oxygen atoms in total. The summed E-state index contributed by atoms with van der Waals surface area (Å²) in [6.45, 7) is 6.91. The van der Waals surface area contributed by atoms with Crippen LogP contribution in [0.15, 0.2) is 42.5 Å². The van der Waals surface area contributed by atoms with Crippen LogP contribution in [0.4, 0.5) is 0 Å². The number of rotatable bonds is 0. The first-order valence-corrected chi connectivity index (χ1v) is 7.99. The fourth-order valence-electron chi connectivity index (χ4n) is 3.41. The molecule has 0 aliphatic heterocycles. The van der Waals surface area contributed by atoms with Crippen LogP contribution in [-0.4, -0.2) is 0 Å². The Morgan fingerprint density at radius 1 is 0.852 bits per heavy atom. The molecule has 27 heavy (non-hydrogen) atoms. The summed E-state index contributed by atoms with van der Waals surface area (Å²) in [5.74, 6) is 0. The van der Waals surface area contributed by atoms with Crippen molar-refractivity contribution in [3.8, 4) is 0 Å². The van der Waals surface area contributed by atoms with Crippen molar-refractivity contribution >= 4 is 5.57 Å². The van der Waals surface area contributed by atoms with Gasteiger partial charge in [0.2, 0.25) is 0 Å². The quantitative estimate of drug-likeness (QED) is 0.243. The first kappa shape index (κ1) is 33.7. The molecule has 0 bridgehead atoms. The maximum atomic E-state index is 3.61. The van der Waals surface area contributed by atoms with Crippen LogP contribution in [0.3, 0.4) is 0 Å². The third kappa shape index (κ3) is 7.60. The second kappa shape index (κ2) is 14.2. The summed E-state index contributed by atoms with van der Waals surface area (Å²) < 4.78 is 0. The molecule has 0 radical (unpaired) electrons. The van der Waals surface area contributed by atoms with Gasteiger partial charge in [-0.1, -0.05) is 38.5 Å². The smallest absolute Gasteiger partial charge is 0 e. The molecule has 0 heterocycles. The van der Waals surface area contributed by atoms with Gasteiger partial charge >= 0.3 is 0 Å². The minimum Gasteiger partial charge on any atom is -0.358 e. The molecular formula is C26H39Hf-7. The number of hydrogen-bond acceptors (Lipinski definition) is 0. The van der Waals surface area contributed by atoms with Crippen LogP contribution in [0.5, 0.6) is 0 Å². The molecule has 2 aromatic carbocycles. The van der Waals surface area contributed by atoms with E-state index in [-0.39, 0.29) is 68.4 Å². The van der Waals surface area contributed by atoms with Crippen LogP contribution in [0, 0.1) is 48.6 Å². The second-order valence-corrected chi connectivity index (χ2v) is 7.03. The van der Waals surface area contributed by atoms with Gasteiger partial charge in [-0.25, -0.2) is 17.7 Å². The zero-order valence-electron chi connectivity index (χ0n) is 18.9. The van der Waals surface area contributed by atoms with Gasteiger partial charge in [0.1, 0.15) is 0 Å². The predicted octanol–water partition coefficient (Wildman–Crippen LogP) is 7.62. The summed E-state index contributed by atoms with van der Waals surface area (Å²) in [5, 5.41) is 0. The fourth-order valence-corrected chi connectivity index (χ4v) is 3.41. The largest absolute Gasteiger partial charge is 0.358 e. The molecule has 1 heteroatoms. The summed E-state index contributed by atoms with van der Waals surface area (Å²) in [5.41, 5.74) is 7.98. The Bertz CT molecular complexity index is 622. The Kier molecular flexibility index (Phi) is 17.8. The number of allylic oxidation sites excluding steroid dienone is 2. The van der Waals surface area contributed by atoms with E-state index in [4.69, 9.17) is 0 Å². The van der Waals surface area contributed by atoms with Gasteiger partial charge in [-0.15, -0.1) is 17.5 Å². The molecule has 2 aromatic rings. The number of aryl methyl sites for hydroxylation is 1. The van der Waals surface area contributed by atoms with Crippen LogP contribution in [0.2, 0.25) is 0 Å². The van der Waals surface area contributed by atoms with Gasteiger partial charge in [-0.3, -0.25) is 6.08 Å². The normalized spacial score (nSPS) is 12.3. The second-order valence-electron chi connectivity index (χ2n) is 7.03. The average Bonchev–Trinajstić information content (AvgIpc) is 3.19. The SMILES string of the molecule is CC(C)(C)C1=[C-]Cc2ccc3c(c21)CCC3.[CH3-].[CH3-].[CH3-].[CH3-].[CH3-].[Hf].c1cc[cH-]c1. The molecular weight excluding hydrogens is 491 g/mol. The Hall–Kier alpha value is -0.820. The fraction of sp³-hybridized carbons (Fsp3) is 0.308. The maximum Gasteiger partial charge on any atom is 0 e. The van der Waals surface area contributed by atoms with Crippen molar-refractivity contribution in [1.29, 1.82) is 0 Å². The Morgan fingerprint density at radius 2 is 1.41 bits per heavy atom. The molecule has 0 N–H and O–H groups in total. The van der Waals surface area contributed by atoms with Gasteiger partial charge in [0.15, 0.2) is 0 Å². The average molecular weight is 530 g/mol. The number of hydrogen-bond donors (Lipinski definition) is 0. The number of benzene rings is 1. The van der Waals surface area contributed by atoms with Crippen molar-refractivity contribution in [2.45, 2.75) is 46.5 Å². The Labute approximate surface area is 190 Å². The van der Waals surface area contributed by atoms with Crippen molar-refractivity contribution in [3.05, 3.63) is 108 Å². The summed E-state index contributed by atoms with van der Waals surface area (Å²) in [6, 6.07) is 14.7. The zero-order valence-corrected chi connectivity index (χ0v) is 22.5. The van der Waals surface area contributed by atoms with E-state index in [1.165, 1.54) is 30.4 Å². The topological polar surface area (TPSA) is 0 Å². The molecule has 0 aromatic heterocycles. The van der Waals surface area contributed by atoms with Crippen molar-refractivity contribution in [2.24, 2.45) is 5.41 Å². The van der Waals surface area contributed by atoms with Gasteiger partial charge in [0, 0.05) is 25.8 Å². The van der Waals surface area contributed by atoms with Crippen molar-refractivity contribution in [2.75, 3.05) is 0 Å². The van der Waals surface area contributed by atoms with E-state index in [9.17, 15) is 0 Å². The Morgan fingerprint density at radius 3 is 1.89 bits per heavy atom. The minimum absolute atomic E-state index is 0. The third-order valence-corrected chi connectivity index (χ3v) is 4.38. The van der Waals surface area contributed by atoms with Crippen LogP contribution < -0.4 is 0 Å². The zero-order chi connectivity index (χ0) is 14.9. The molecule has 0 atom stereocenters. The van der Waals surface area contributed by atoms with Crippen LogP contribution in [0.25, 0.3) is 5.57 Å². The molecule has 0 amide bonds. The predicted molar refractivity (Wildman–Crippen MR) is 122 cm³/mol. The number of fused-ring (bicyclic) bond motifs is 3. The van der Waals surface area contributed by atoms with Crippen LogP contribution >= 0.6 is 0 Å². The van der Waals surface area contributed by atoms with Gasteiger partial charge in [0.25, 0.3) is 0 Å². The van der Waals surface area contributed by atoms with E-state index < -0.39 is 0 Å². The molecule has 0 spiro atoms. The molecule has 0 unspecified atom stereocenters. The van der Waals surface area contributed by atoms with Gasteiger partial charge in [-0.2, -0.15) is 23.8 Å². The maximum absolute atomic E-state index is 3.61.